The maximum Gasteiger partial charge on any atom is 0.190 e. The first-order valence-electron chi connectivity index (χ1n) is 6.55. The fourth-order valence-corrected chi connectivity index (χ4v) is 1.98. The third-order valence-electron chi connectivity index (χ3n) is 2.77. The molecule has 0 radical (unpaired) electrons. The second-order valence-electron chi connectivity index (χ2n) is 4.22. The summed E-state index contributed by atoms with van der Waals surface area (Å²) in [5.74, 6) is 0.413. The Balaban J connectivity index is 0.00000400. The van der Waals surface area contributed by atoms with Gasteiger partial charge in [-0.1, -0.05) is 17.7 Å². The summed E-state index contributed by atoms with van der Waals surface area (Å²) in [5.41, 5.74) is 0.525. The molecule has 120 valence electrons. The van der Waals surface area contributed by atoms with Gasteiger partial charge in [-0.25, -0.2) is 4.39 Å². The summed E-state index contributed by atoms with van der Waals surface area (Å²) in [6, 6.07) is 4.71. The Morgan fingerprint density at radius 3 is 2.67 bits per heavy atom. The number of hydrogen-bond donors (Lipinski definition) is 2. The van der Waals surface area contributed by atoms with Gasteiger partial charge >= 0.3 is 0 Å². The van der Waals surface area contributed by atoms with Crippen LogP contribution in [0.3, 0.4) is 0 Å². The number of aliphatic imine (C=N–C) groups is 1. The highest BCUT2D eigenvalue weighted by Crippen LogP contribution is 2.18. The number of nitrogens with one attached hydrogen (secondary N) is 2. The smallest absolute Gasteiger partial charge is 0.190 e. The van der Waals surface area contributed by atoms with Crippen molar-refractivity contribution in [2.45, 2.75) is 12.8 Å². The van der Waals surface area contributed by atoms with Crippen LogP contribution in [0.4, 0.5) is 4.39 Å². The lowest BCUT2D eigenvalue weighted by atomic mass is 10.1. The molecule has 7 heteroatoms. The van der Waals surface area contributed by atoms with E-state index in [9.17, 15) is 4.39 Å². The molecule has 0 aliphatic heterocycles. The van der Waals surface area contributed by atoms with E-state index in [-0.39, 0.29) is 29.8 Å². The minimum atomic E-state index is -0.276. The van der Waals surface area contributed by atoms with E-state index >= 15 is 0 Å². The summed E-state index contributed by atoms with van der Waals surface area (Å²) in [6.07, 6.45) is 1.40. The number of guanidine groups is 1. The molecule has 4 nitrogen and oxygen atoms in total. The minimum absolute atomic E-state index is 0. The molecule has 0 unspecified atom stereocenters. The summed E-state index contributed by atoms with van der Waals surface area (Å²) >= 11 is 5.97. The molecule has 0 amide bonds. The van der Waals surface area contributed by atoms with Crippen LogP contribution in [0.25, 0.3) is 0 Å². The van der Waals surface area contributed by atoms with Gasteiger partial charge in [0.15, 0.2) is 5.96 Å². The topological polar surface area (TPSA) is 45.7 Å². The zero-order chi connectivity index (χ0) is 14.8. The van der Waals surface area contributed by atoms with Crippen LogP contribution in [-0.4, -0.2) is 39.8 Å². The van der Waals surface area contributed by atoms with Gasteiger partial charge in [0, 0.05) is 44.4 Å². The average molecular weight is 430 g/mol. The highest BCUT2D eigenvalue weighted by Gasteiger charge is 2.06. The Labute approximate surface area is 147 Å². The zero-order valence-electron chi connectivity index (χ0n) is 12.3. The molecule has 21 heavy (non-hydrogen) atoms. The van der Waals surface area contributed by atoms with Crippen LogP contribution in [0.15, 0.2) is 23.2 Å². The van der Waals surface area contributed by atoms with Crippen LogP contribution >= 0.6 is 35.6 Å². The Bertz CT molecular complexity index is 426. The van der Waals surface area contributed by atoms with Gasteiger partial charge < -0.3 is 15.4 Å². The summed E-state index contributed by atoms with van der Waals surface area (Å²) in [6.45, 7) is 2.04. The lowest BCUT2D eigenvalue weighted by Gasteiger charge is -2.12. The predicted octanol–water partition coefficient (Wildman–Crippen LogP) is 2.84. The van der Waals surface area contributed by atoms with Crippen molar-refractivity contribution >= 4 is 41.5 Å². The molecule has 0 spiro atoms. The number of ether oxygens (including phenoxy) is 1. The standard InChI is InChI=1S/C14H21ClFN3O.HI/c1-17-14(18-8-4-10-20-2)19-9-7-11-12(15)5-3-6-13(11)16;/h3,5-6H,4,7-10H2,1-2H3,(H2,17,18,19);1H. The van der Waals surface area contributed by atoms with Crippen molar-refractivity contribution in [1.82, 2.24) is 10.6 Å². The lowest BCUT2D eigenvalue weighted by molar-refractivity contribution is 0.195. The number of benzene rings is 1. The fourth-order valence-electron chi connectivity index (χ4n) is 1.72. The third-order valence-corrected chi connectivity index (χ3v) is 3.12. The molecular weight excluding hydrogens is 408 g/mol. The molecule has 0 fully saturated rings. The average Bonchev–Trinajstić information content (AvgIpc) is 2.44. The van der Waals surface area contributed by atoms with Gasteiger partial charge in [0.25, 0.3) is 0 Å². The molecule has 0 saturated carbocycles. The van der Waals surface area contributed by atoms with Gasteiger partial charge in [-0.15, -0.1) is 24.0 Å². The number of rotatable bonds is 7. The van der Waals surface area contributed by atoms with E-state index < -0.39 is 0 Å². The van der Waals surface area contributed by atoms with Crippen LogP contribution in [0.1, 0.15) is 12.0 Å². The lowest BCUT2D eigenvalue weighted by Crippen LogP contribution is -2.39. The van der Waals surface area contributed by atoms with Crippen molar-refractivity contribution in [2.75, 3.05) is 33.9 Å². The number of nitrogens with zero attached hydrogens (tertiary/aromatic N) is 1. The molecular formula is C14H22ClFIN3O. The summed E-state index contributed by atoms with van der Waals surface area (Å²) < 4.78 is 18.5. The quantitative estimate of drug-likeness (QED) is 0.303. The largest absolute Gasteiger partial charge is 0.385 e. The van der Waals surface area contributed by atoms with Gasteiger partial charge in [0.1, 0.15) is 5.82 Å². The molecule has 0 heterocycles. The van der Waals surface area contributed by atoms with E-state index in [0.717, 1.165) is 13.0 Å². The van der Waals surface area contributed by atoms with E-state index in [4.69, 9.17) is 16.3 Å². The third kappa shape index (κ3) is 7.82. The Morgan fingerprint density at radius 1 is 1.33 bits per heavy atom. The molecule has 1 rings (SSSR count). The second kappa shape index (κ2) is 12.0. The van der Waals surface area contributed by atoms with Gasteiger partial charge in [-0.3, -0.25) is 4.99 Å². The summed E-state index contributed by atoms with van der Waals surface area (Å²) in [5, 5.41) is 6.73. The molecule has 0 saturated heterocycles. The van der Waals surface area contributed by atoms with E-state index in [1.807, 2.05) is 0 Å². The van der Waals surface area contributed by atoms with Crippen LogP contribution in [0.5, 0.6) is 0 Å². The maximum atomic E-state index is 13.6. The van der Waals surface area contributed by atoms with E-state index in [1.165, 1.54) is 6.07 Å². The van der Waals surface area contributed by atoms with Crippen molar-refractivity contribution in [3.8, 4) is 0 Å². The normalized spacial score (nSPS) is 11.0. The van der Waals surface area contributed by atoms with Crippen LogP contribution in [0.2, 0.25) is 5.02 Å². The second-order valence-corrected chi connectivity index (χ2v) is 4.63. The van der Waals surface area contributed by atoms with Crippen LogP contribution in [0, 0.1) is 5.82 Å². The highest BCUT2D eigenvalue weighted by molar-refractivity contribution is 14.0. The summed E-state index contributed by atoms with van der Waals surface area (Å²) in [7, 11) is 3.37. The fraction of sp³-hybridized carbons (Fsp3) is 0.500. The number of methoxy groups -OCH3 is 1. The predicted molar refractivity (Wildman–Crippen MR) is 96.4 cm³/mol. The molecule has 0 aliphatic carbocycles. The molecule has 0 aromatic heterocycles. The summed E-state index contributed by atoms with van der Waals surface area (Å²) in [4.78, 5) is 4.09. The Kier molecular flexibility index (Phi) is 11.7. The molecule has 2 N–H and O–H groups in total. The maximum absolute atomic E-state index is 13.6. The molecule has 1 aromatic carbocycles. The first-order valence-corrected chi connectivity index (χ1v) is 6.93. The Morgan fingerprint density at radius 2 is 2.05 bits per heavy atom. The first-order chi connectivity index (χ1) is 9.69. The van der Waals surface area contributed by atoms with Crippen molar-refractivity contribution in [3.05, 3.63) is 34.6 Å². The monoisotopic (exact) mass is 429 g/mol. The highest BCUT2D eigenvalue weighted by atomic mass is 127. The van der Waals surface area contributed by atoms with Crippen molar-refractivity contribution in [1.29, 1.82) is 0 Å². The van der Waals surface area contributed by atoms with Gasteiger partial charge in [-0.2, -0.15) is 0 Å². The minimum Gasteiger partial charge on any atom is -0.385 e. The molecule has 0 bridgehead atoms. The first kappa shape index (κ1) is 20.4. The zero-order valence-corrected chi connectivity index (χ0v) is 15.4. The van der Waals surface area contributed by atoms with E-state index in [0.29, 0.717) is 36.1 Å². The molecule has 0 aliphatic rings. The van der Waals surface area contributed by atoms with Gasteiger partial charge in [-0.05, 0) is 25.0 Å². The van der Waals surface area contributed by atoms with Crippen molar-refractivity contribution in [2.24, 2.45) is 4.99 Å². The number of hydrogen-bond acceptors (Lipinski definition) is 2. The van der Waals surface area contributed by atoms with Gasteiger partial charge in [0.2, 0.25) is 0 Å². The molecule has 0 atom stereocenters. The Hall–Kier alpha value is -0.600. The van der Waals surface area contributed by atoms with Crippen molar-refractivity contribution < 1.29 is 9.13 Å². The van der Waals surface area contributed by atoms with Crippen molar-refractivity contribution in [3.63, 3.8) is 0 Å². The van der Waals surface area contributed by atoms with E-state index in [1.54, 1.807) is 26.3 Å². The molecule has 1 aromatic rings. The van der Waals surface area contributed by atoms with Crippen LogP contribution < -0.4 is 10.6 Å². The number of halogens is 3. The van der Waals surface area contributed by atoms with Gasteiger partial charge in [0.05, 0.1) is 0 Å². The SMILES string of the molecule is CN=C(NCCCOC)NCCc1c(F)cccc1Cl.I. The van der Waals surface area contributed by atoms with E-state index in [2.05, 4.69) is 15.6 Å². The van der Waals surface area contributed by atoms with Crippen LogP contribution in [-0.2, 0) is 11.2 Å².